The van der Waals surface area contributed by atoms with Crippen LogP contribution in [0.4, 0.5) is 0 Å². The number of hydrogen-bond donors (Lipinski definition) is 1. The van der Waals surface area contributed by atoms with Gasteiger partial charge < -0.3 is 5.32 Å². The summed E-state index contributed by atoms with van der Waals surface area (Å²) in [7, 11) is 4.29. The van der Waals surface area contributed by atoms with E-state index >= 15 is 0 Å². The highest BCUT2D eigenvalue weighted by Gasteiger charge is 2.33. The zero-order valence-corrected chi connectivity index (χ0v) is 12.2. The molecule has 0 spiro atoms. The van der Waals surface area contributed by atoms with Crippen molar-refractivity contribution in [2.45, 2.75) is 25.4 Å². The number of benzene rings is 1. The summed E-state index contributed by atoms with van der Waals surface area (Å²) in [6.45, 7) is 2.18. The van der Waals surface area contributed by atoms with E-state index < -0.39 is 0 Å². The van der Waals surface area contributed by atoms with Crippen molar-refractivity contribution in [3.05, 3.63) is 34.3 Å². The first-order chi connectivity index (χ1) is 8.22. The first kappa shape index (κ1) is 13.1. The molecule has 0 aromatic heterocycles. The molecule has 1 aliphatic carbocycles. The average Bonchev–Trinajstić information content (AvgIpc) is 2.27. The van der Waals surface area contributed by atoms with E-state index in [1.165, 1.54) is 22.9 Å². The minimum Gasteiger partial charge on any atom is -0.319 e. The lowest BCUT2D eigenvalue weighted by atomic mass is 9.78. The van der Waals surface area contributed by atoms with Crippen LogP contribution in [0, 0.1) is 5.92 Å². The molecule has 1 aromatic carbocycles. The van der Waals surface area contributed by atoms with Gasteiger partial charge in [-0.1, -0.05) is 34.1 Å². The molecule has 0 amide bonds. The summed E-state index contributed by atoms with van der Waals surface area (Å²) < 4.78 is 1.22. The van der Waals surface area contributed by atoms with Gasteiger partial charge in [-0.15, -0.1) is 0 Å². The third-order valence-corrected chi connectivity index (χ3v) is 4.56. The number of halogens is 1. The van der Waals surface area contributed by atoms with E-state index in [4.69, 9.17) is 0 Å². The average molecular weight is 297 g/mol. The smallest absolute Gasteiger partial charge is 0.0244 e. The number of nitrogens with zero attached hydrogens (tertiary/aromatic N) is 1. The Morgan fingerprint density at radius 2 is 2.12 bits per heavy atom. The van der Waals surface area contributed by atoms with Crippen molar-refractivity contribution in [1.29, 1.82) is 0 Å². The Morgan fingerprint density at radius 3 is 2.71 bits per heavy atom. The van der Waals surface area contributed by atoms with Gasteiger partial charge in [0.25, 0.3) is 0 Å². The lowest BCUT2D eigenvalue weighted by Crippen LogP contribution is -2.48. The first-order valence-corrected chi connectivity index (χ1v) is 7.10. The molecule has 2 nitrogen and oxygen atoms in total. The van der Waals surface area contributed by atoms with E-state index in [9.17, 15) is 0 Å². The quantitative estimate of drug-likeness (QED) is 0.899. The molecule has 2 rings (SSSR count). The summed E-state index contributed by atoms with van der Waals surface area (Å²) in [4.78, 5) is 2.49. The summed E-state index contributed by atoms with van der Waals surface area (Å²) in [5.74, 6) is 0.826. The Kier molecular flexibility index (Phi) is 4.60. The van der Waals surface area contributed by atoms with E-state index in [0.29, 0.717) is 0 Å². The van der Waals surface area contributed by atoms with E-state index in [0.717, 1.165) is 25.0 Å². The zero-order valence-electron chi connectivity index (χ0n) is 10.6. The molecule has 2 unspecified atom stereocenters. The minimum atomic E-state index is 0.745. The van der Waals surface area contributed by atoms with E-state index in [2.05, 4.69) is 57.5 Å². The lowest BCUT2D eigenvalue weighted by molar-refractivity contribution is 0.0792. The maximum atomic E-state index is 3.62. The van der Waals surface area contributed by atoms with Crippen LogP contribution in [-0.2, 0) is 6.54 Å². The second-order valence-corrected chi connectivity index (χ2v) is 5.82. The fourth-order valence-corrected chi connectivity index (χ4v) is 3.05. The summed E-state index contributed by atoms with van der Waals surface area (Å²) in [6, 6.07) is 9.25. The highest BCUT2D eigenvalue weighted by atomic mass is 79.9. The molecule has 17 heavy (non-hydrogen) atoms. The van der Waals surface area contributed by atoms with E-state index in [-0.39, 0.29) is 0 Å². The molecular formula is C14H21BrN2. The van der Waals surface area contributed by atoms with Gasteiger partial charge in [0.05, 0.1) is 0 Å². The topological polar surface area (TPSA) is 15.3 Å². The Morgan fingerprint density at radius 1 is 1.35 bits per heavy atom. The third-order valence-electron chi connectivity index (χ3n) is 3.79. The normalized spacial score (nSPS) is 23.8. The van der Waals surface area contributed by atoms with Crippen LogP contribution in [0.1, 0.15) is 18.4 Å². The molecule has 1 aromatic rings. The van der Waals surface area contributed by atoms with Gasteiger partial charge >= 0.3 is 0 Å². The van der Waals surface area contributed by atoms with Gasteiger partial charge in [-0.05, 0) is 51.0 Å². The highest BCUT2D eigenvalue weighted by molar-refractivity contribution is 9.10. The Hall–Kier alpha value is -0.380. The summed E-state index contributed by atoms with van der Waals surface area (Å²) in [5.41, 5.74) is 1.38. The van der Waals surface area contributed by atoms with Crippen LogP contribution in [0.3, 0.4) is 0 Å². The van der Waals surface area contributed by atoms with Crippen molar-refractivity contribution < 1.29 is 0 Å². The molecule has 1 aliphatic rings. The van der Waals surface area contributed by atoms with E-state index in [1.54, 1.807) is 0 Å². The fraction of sp³-hybridized carbons (Fsp3) is 0.571. The SMILES string of the molecule is CNCC1CCC1N(C)Cc1ccccc1Br. The molecule has 0 radical (unpaired) electrons. The number of nitrogens with one attached hydrogen (secondary N) is 1. The molecule has 0 saturated heterocycles. The van der Waals surface area contributed by atoms with Crippen molar-refractivity contribution in [3.8, 4) is 0 Å². The summed E-state index contributed by atoms with van der Waals surface area (Å²) in [5, 5.41) is 3.29. The van der Waals surface area contributed by atoms with Gasteiger partial charge in [0.15, 0.2) is 0 Å². The summed E-state index contributed by atoms with van der Waals surface area (Å²) >= 11 is 3.62. The van der Waals surface area contributed by atoms with Crippen molar-refractivity contribution in [2.75, 3.05) is 20.6 Å². The molecule has 1 saturated carbocycles. The van der Waals surface area contributed by atoms with Gasteiger partial charge in [-0.2, -0.15) is 0 Å². The largest absolute Gasteiger partial charge is 0.319 e. The van der Waals surface area contributed by atoms with Crippen LogP contribution < -0.4 is 5.32 Å². The van der Waals surface area contributed by atoms with Crippen LogP contribution in [-0.4, -0.2) is 31.6 Å². The minimum absolute atomic E-state index is 0.745. The second-order valence-electron chi connectivity index (χ2n) is 4.97. The van der Waals surface area contributed by atoms with Gasteiger partial charge in [-0.25, -0.2) is 0 Å². The maximum absolute atomic E-state index is 3.62. The van der Waals surface area contributed by atoms with Crippen LogP contribution in [0.2, 0.25) is 0 Å². The van der Waals surface area contributed by atoms with Gasteiger partial charge in [0.1, 0.15) is 0 Å². The molecule has 0 aliphatic heterocycles. The van der Waals surface area contributed by atoms with Gasteiger partial charge in [0.2, 0.25) is 0 Å². The first-order valence-electron chi connectivity index (χ1n) is 6.30. The van der Waals surface area contributed by atoms with Crippen LogP contribution in [0.15, 0.2) is 28.7 Å². The molecule has 1 N–H and O–H groups in total. The molecule has 94 valence electrons. The van der Waals surface area contributed by atoms with Crippen molar-refractivity contribution in [2.24, 2.45) is 5.92 Å². The summed E-state index contributed by atoms with van der Waals surface area (Å²) in [6.07, 6.45) is 2.71. The second kappa shape index (κ2) is 5.98. The van der Waals surface area contributed by atoms with E-state index in [1.807, 2.05) is 7.05 Å². The molecular weight excluding hydrogens is 276 g/mol. The number of rotatable bonds is 5. The van der Waals surface area contributed by atoms with Crippen LogP contribution >= 0.6 is 15.9 Å². The molecule has 0 bridgehead atoms. The molecule has 3 heteroatoms. The third kappa shape index (κ3) is 3.09. The van der Waals surface area contributed by atoms with Gasteiger partial charge in [-0.3, -0.25) is 4.90 Å². The lowest BCUT2D eigenvalue weighted by Gasteiger charge is -2.43. The van der Waals surface area contributed by atoms with Crippen molar-refractivity contribution >= 4 is 15.9 Å². The maximum Gasteiger partial charge on any atom is 0.0244 e. The van der Waals surface area contributed by atoms with Crippen LogP contribution in [0.5, 0.6) is 0 Å². The van der Waals surface area contributed by atoms with Crippen LogP contribution in [0.25, 0.3) is 0 Å². The van der Waals surface area contributed by atoms with Crippen molar-refractivity contribution in [3.63, 3.8) is 0 Å². The monoisotopic (exact) mass is 296 g/mol. The van der Waals surface area contributed by atoms with Gasteiger partial charge in [0, 0.05) is 17.1 Å². The Labute approximate surface area is 113 Å². The zero-order chi connectivity index (χ0) is 12.3. The molecule has 0 heterocycles. The predicted octanol–water partition coefficient (Wildman–Crippen LogP) is 2.88. The highest BCUT2D eigenvalue weighted by Crippen LogP contribution is 2.32. The standard InChI is InChI=1S/C14H21BrN2/c1-16-9-11-7-8-14(11)17(2)10-12-5-3-4-6-13(12)15/h3-6,11,14,16H,7-10H2,1-2H3. The number of hydrogen-bond acceptors (Lipinski definition) is 2. The molecule has 1 fully saturated rings. The predicted molar refractivity (Wildman–Crippen MR) is 76.0 cm³/mol. The Bertz CT molecular complexity index is 367. The Balaban J connectivity index is 1.93. The van der Waals surface area contributed by atoms with Crippen molar-refractivity contribution in [1.82, 2.24) is 10.2 Å². The fourth-order valence-electron chi connectivity index (χ4n) is 2.64. The molecule has 2 atom stereocenters.